The predicted octanol–water partition coefficient (Wildman–Crippen LogP) is 6.19. The van der Waals surface area contributed by atoms with E-state index in [1.165, 1.54) is 0 Å². The van der Waals surface area contributed by atoms with E-state index in [2.05, 4.69) is 0 Å². The first kappa shape index (κ1) is 17.7. The summed E-state index contributed by atoms with van der Waals surface area (Å²) in [6.45, 7) is 0.331. The fourth-order valence-electron chi connectivity index (χ4n) is 2.78. The number of rotatable bonds is 4. The van der Waals surface area contributed by atoms with Gasteiger partial charge >= 0.3 is 0 Å². The van der Waals surface area contributed by atoms with Crippen molar-refractivity contribution in [3.05, 3.63) is 99.2 Å². The first-order valence-corrected chi connectivity index (χ1v) is 9.06. The van der Waals surface area contributed by atoms with Gasteiger partial charge < -0.3 is 9.47 Å². The van der Waals surface area contributed by atoms with Crippen molar-refractivity contribution in [3.8, 4) is 11.5 Å². The fraction of sp³-hybridized carbons (Fsp3) is 0.0455. The lowest BCUT2D eigenvalue weighted by molar-refractivity contribution is 0.101. The monoisotopic (exact) mass is 396 g/mol. The minimum absolute atomic E-state index is 0.164. The van der Waals surface area contributed by atoms with Gasteiger partial charge in [0, 0.05) is 21.7 Å². The molecule has 0 saturated heterocycles. The number of ether oxygens (including phenoxy) is 2. The lowest BCUT2D eigenvalue weighted by atomic mass is 10.1. The molecule has 0 aromatic heterocycles. The van der Waals surface area contributed by atoms with Crippen LogP contribution in [0.2, 0.25) is 10.0 Å². The van der Waals surface area contributed by atoms with Crippen LogP contribution in [0.5, 0.6) is 11.5 Å². The van der Waals surface area contributed by atoms with Crippen molar-refractivity contribution in [2.45, 2.75) is 6.61 Å². The molecule has 5 heteroatoms. The summed E-state index contributed by atoms with van der Waals surface area (Å²) in [5, 5.41) is 1.25. The molecule has 0 bridgehead atoms. The molecule has 0 aliphatic carbocycles. The van der Waals surface area contributed by atoms with E-state index in [1.54, 1.807) is 36.4 Å². The number of fused-ring (bicyclic) bond motifs is 1. The average molecular weight is 397 g/mol. The second kappa shape index (κ2) is 7.47. The van der Waals surface area contributed by atoms with E-state index < -0.39 is 0 Å². The van der Waals surface area contributed by atoms with Crippen molar-refractivity contribution >= 4 is 35.1 Å². The minimum atomic E-state index is -0.164. The zero-order valence-electron chi connectivity index (χ0n) is 14.1. The van der Waals surface area contributed by atoms with Crippen LogP contribution in [-0.2, 0) is 6.61 Å². The smallest absolute Gasteiger partial charge is 0.231 e. The Morgan fingerprint density at radius 3 is 2.63 bits per heavy atom. The Bertz CT molecular complexity index is 1060. The van der Waals surface area contributed by atoms with Gasteiger partial charge in [0.25, 0.3) is 0 Å². The van der Waals surface area contributed by atoms with Gasteiger partial charge in [-0.3, -0.25) is 4.79 Å². The third-order valence-corrected chi connectivity index (χ3v) is 4.74. The molecule has 0 radical (unpaired) electrons. The summed E-state index contributed by atoms with van der Waals surface area (Å²) in [5.74, 6) is 1.17. The highest BCUT2D eigenvalue weighted by molar-refractivity contribution is 6.31. The van der Waals surface area contributed by atoms with Crippen molar-refractivity contribution in [1.29, 1.82) is 0 Å². The van der Waals surface area contributed by atoms with E-state index in [-0.39, 0.29) is 11.5 Å². The van der Waals surface area contributed by atoms with Crippen LogP contribution in [0.3, 0.4) is 0 Å². The summed E-state index contributed by atoms with van der Waals surface area (Å²) in [4.78, 5) is 12.5. The quantitative estimate of drug-likeness (QED) is 0.493. The molecule has 1 heterocycles. The summed E-state index contributed by atoms with van der Waals surface area (Å²) in [5.41, 5.74) is 2.19. The van der Waals surface area contributed by atoms with Crippen LogP contribution in [0, 0.1) is 0 Å². The Balaban J connectivity index is 1.53. The average Bonchev–Trinajstić information content (AvgIpc) is 2.96. The Morgan fingerprint density at radius 1 is 0.963 bits per heavy atom. The molecule has 27 heavy (non-hydrogen) atoms. The first-order valence-electron chi connectivity index (χ1n) is 8.30. The third-order valence-electron chi connectivity index (χ3n) is 4.14. The maximum Gasteiger partial charge on any atom is 0.231 e. The van der Waals surface area contributed by atoms with Crippen LogP contribution in [0.15, 0.2) is 72.5 Å². The van der Waals surface area contributed by atoms with Crippen molar-refractivity contribution in [3.63, 3.8) is 0 Å². The van der Waals surface area contributed by atoms with Crippen molar-refractivity contribution in [2.24, 2.45) is 0 Å². The maximum atomic E-state index is 12.5. The molecule has 0 atom stereocenters. The van der Waals surface area contributed by atoms with E-state index in [1.807, 2.05) is 36.4 Å². The highest BCUT2D eigenvalue weighted by Gasteiger charge is 2.27. The largest absolute Gasteiger partial charge is 0.489 e. The summed E-state index contributed by atoms with van der Waals surface area (Å²) in [6, 6.07) is 19.9. The van der Waals surface area contributed by atoms with Crippen molar-refractivity contribution in [1.82, 2.24) is 0 Å². The molecule has 0 fully saturated rings. The Morgan fingerprint density at radius 2 is 1.81 bits per heavy atom. The molecular formula is C22H14Cl2O3. The molecule has 4 rings (SSSR count). The van der Waals surface area contributed by atoms with Crippen LogP contribution in [0.25, 0.3) is 6.08 Å². The molecular weight excluding hydrogens is 383 g/mol. The molecule has 0 unspecified atom stereocenters. The topological polar surface area (TPSA) is 35.5 Å². The molecule has 0 amide bonds. The molecule has 3 aromatic carbocycles. The Kier molecular flexibility index (Phi) is 4.88. The zero-order chi connectivity index (χ0) is 18.8. The van der Waals surface area contributed by atoms with Crippen LogP contribution >= 0.6 is 23.2 Å². The third kappa shape index (κ3) is 3.85. The molecule has 0 spiro atoms. The standard InChI is InChI=1S/C22H14Cl2O3/c23-16-6-3-4-14(10-16)11-21-22(25)18-9-8-17(12-20(18)27-21)26-13-15-5-1-2-7-19(15)24/h1-12H,13H2/b21-11+. The van der Waals surface area contributed by atoms with E-state index in [4.69, 9.17) is 32.7 Å². The van der Waals surface area contributed by atoms with Crippen molar-refractivity contribution in [2.75, 3.05) is 0 Å². The van der Waals surface area contributed by atoms with Crippen LogP contribution in [-0.4, -0.2) is 5.78 Å². The van der Waals surface area contributed by atoms with Gasteiger partial charge in [-0.15, -0.1) is 0 Å². The first-order chi connectivity index (χ1) is 13.1. The van der Waals surface area contributed by atoms with Gasteiger partial charge in [-0.05, 0) is 42.0 Å². The molecule has 134 valence electrons. The van der Waals surface area contributed by atoms with Gasteiger partial charge in [0.2, 0.25) is 5.78 Å². The second-order valence-corrected chi connectivity index (χ2v) is 6.88. The summed E-state index contributed by atoms with van der Waals surface area (Å²) in [7, 11) is 0. The van der Waals surface area contributed by atoms with E-state index in [0.717, 1.165) is 11.1 Å². The number of hydrogen-bond acceptors (Lipinski definition) is 3. The summed E-state index contributed by atoms with van der Waals surface area (Å²) in [6.07, 6.45) is 1.68. The number of carbonyl (C=O) groups excluding carboxylic acids is 1. The number of benzene rings is 3. The normalized spacial score (nSPS) is 14.1. The van der Waals surface area contributed by atoms with Crippen LogP contribution < -0.4 is 9.47 Å². The molecule has 3 aromatic rings. The maximum absolute atomic E-state index is 12.5. The number of hydrogen-bond donors (Lipinski definition) is 0. The highest BCUT2D eigenvalue weighted by atomic mass is 35.5. The van der Waals surface area contributed by atoms with Gasteiger partial charge in [0.15, 0.2) is 5.76 Å². The zero-order valence-corrected chi connectivity index (χ0v) is 15.6. The number of allylic oxidation sites excluding steroid dienone is 1. The molecule has 3 nitrogen and oxygen atoms in total. The Hall–Kier alpha value is -2.75. The van der Waals surface area contributed by atoms with Gasteiger partial charge in [-0.2, -0.15) is 0 Å². The lowest BCUT2D eigenvalue weighted by Crippen LogP contribution is -1.98. The SMILES string of the molecule is O=C1/C(=C\c2cccc(Cl)c2)Oc2cc(OCc3ccccc3Cl)ccc21. The molecule has 0 saturated carbocycles. The predicted molar refractivity (Wildman–Crippen MR) is 107 cm³/mol. The van der Waals surface area contributed by atoms with E-state index in [9.17, 15) is 4.79 Å². The Labute approximate surface area is 166 Å². The summed E-state index contributed by atoms with van der Waals surface area (Å²) < 4.78 is 11.5. The van der Waals surface area contributed by atoms with Gasteiger partial charge in [-0.1, -0.05) is 53.5 Å². The van der Waals surface area contributed by atoms with Gasteiger partial charge in [0.05, 0.1) is 5.56 Å². The number of carbonyl (C=O) groups is 1. The summed E-state index contributed by atoms with van der Waals surface area (Å²) >= 11 is 12.1. The van der Waals surface area contributed by atoms with Crippen LogP contribution in [0.1, 0.15) is 21.5 Å². The molecule has 0 N–H and O–H groups in total. The van der Waals surface area contributed by atoms with E-state index in [0.29, 0.717) is 33.7 Å². The van der Waals surface area contributed by atoms with Crippen molar-refractivity contribution < 1.29 is 14.3 Å². The number of Topliss-reactive ketones (excluding diaryl/α,β-unsaturated/α-hetero) is 1. The fourth-order valence-corrected chi connectivity index (χ4v) is 3.17. The van der Waals surface area contributed by atoms with Gasteiger partial charge in [0.1, 0.15) is 18.1 Å². The molecule has 1 aliphatic rings. The van der Waals surface area contributed by atoms with E-state index >= 15 is 0 Å². The number of ketones is 1. The lowest BCUT2D eigenvalue weighted by Gasteiger charge is -2.08. The highest BCUT2D eigenvalue weighted by Crippen LogP contribution is 2.35. The molecule has 1 aliphatic heterocycles. The van der Waals surface area contributed by atoms with Gasteiger partial charge in [-0.25, -0.2) is 0 Å². The number of halogens is 2. The minimum Gasteiger partial charge on any atom is -0.489 e. The second-order valence-electron chi connectivity index (χ2n) is 6.03. The van der Waals surface area contributed by atoms with Crippen LogP contribution in [0.4, 0.5) is 0 Å².